The van der Waals surface area contributed by atoms with Crippen molar-refractivity contribution in [3.63, 3.8) is 0 Å². The lowest BCUT2D eigenvalue weighted by Crippen LogP contribution is -2.07. The van der Waals surface area contributed by atoms with Crippen molar-refractivity contribution in [3.8, 4) is 0 Å². The minimum absolute atomic E-state index is 0.353. The zero-order valence-corrected chi connectivity index (χ0v) is 10.9. The second kappa shape index (κ2) is 4.39. The van der Waals surface area contributed by atoms with E-state index in [1.54, 1.807) is 13.0 Å². The van der Waals surface area contributed by atoms with Crippen molar-refractivity contribution in [2.75, 3.05) is 6.61 Å². The van der Waals surface area contributed by atoms with Gasteiger partial charge in [-0.1, -0.05) is 18.2 Å². The number of esters is 1. The Kier molecular flexibility index (Phi) is 2.71. The van der Waals surface area contributed by atoms with Gasteiger partial charge in [-0.3, -0.25) is 0 Å². The molecular formula is C15H14N2O2. The van der Waals surface area contributed by atoms with Gasteiger partial charge in [-0.15, -0.1) is 0 Å². The maximum absolute atomic E-state index is 11.8. The predicted molar refractivity (Wildman–Crippen MR) is 74.3 cm³/mol. The third-order valence-electron chi connectivity index (χ3n) is 3.16. The van der Waals surface area contributed by atoms with E-state index in [-0.39, 0.29) is 5.97 Å². The van der Waals surface area contributed by atoms with Crippen LogP contribution in [-0.4, -0.2) is 22.5 Å². The molecule has 0 bridgehead atoms. The van der Waals surface area contributed by atoms with Crippen LogP contribution >= 0.6 is 0 Å². The fourth-order valence-corrected chi connectivity index (χ4v) is 2.31. The molecule has 19 heavy (non-hydrogen) atoms. The molecule has 2 heterocycles. The first-order chi connectivity index (χ1) is 9.20. The van der Waals surface area contributed by atoms with E-state index in [4.69, 9.17) is 4.74 Å². The van der Waals surface area contributed by atoms with Gasteiger partial charge in [0.05, 0.1) is 17.8 Å². The van der Waals surface area contributed by atoms with E-state index >= 15 is 0 Å². The van der Waals surface area contributed by atoms with Crippen molar-refractivity contribution in [3.05, 3.63) is 41.7 Å². The quantitative estimate of drug-likeness (QED) is 0.714. The highest BCUT2D eigenvalue weighted by molar-refractivity contribution is 6.09. The number of aromatic amines is 1. The van der Waals surface area contributed by atoms with E-state index in [2.05, 4.69) is 9.97 Å². The molecule has 3 aromatic rings. The lowest BCUT2D eigenvalue weighted by atomic mass is 10.1. The number of benzene rings is 1. The number of aryl methyl sites for hydroxylation is 1. The summed E-state index contributed by atoms with van der Waals surface area (Å²) in [5.74, 6) is -0.377. The minimum atomic E-state index is -0.377. The molecular weight excluding hydrogens is 240 g/mol. The van der Waals surface area contributed by atoms with Crippen LogP contribution in [0.5, 0.6) is 0 Å². The summed E-state index contributed by atoms with van der Waals surface area (Å²) in [6, 6.07) is 9.79. The number of carbonyl (C=O) groups is 1. The van der Waals surface area contributed by atoms with Gasteiger partial charge < -0.3 is 9.72 Å². The molecule has 0 fully saturated rings. The van der Waals surface area contributed by atoms with Gasteiger partial charge in [0, 0.05) is 16.3 Å². The third kappa shape index (κ3) is 1.85. The van der Waals surface area contributed by atoms with Gasteiger partial charge in [0.15, 0.2) is 0 Å². The SMILES string of the molecule is CCOC(=O)c1cc2c([nH]c3ccccc32)c(C)n1. The maximum Gasteiger partial charge on any atom is 0.356 e. The summed E-state index contributed by atoms with van der Waals surface area (Å²) in [6.45, 7) is 4.03. The average molecular weight is 254 g/mol. The molecule has 4 nitrogen and oxygen atoms in total. The van der Waals surface area contributed by atoms with Crippen molar-refractivity contribution >= 4 is 27.8 Å². The number of para-hydroxylation sites is 1. The lowest BCUT2D eigenvalue weighted by molar-refractivity contribution is 0.0519. The number of nitrogens with zero attached hydrogens (tertiary/aromatic N) is 1. The molecule has 0 aliphatic rings. The number of rotatable bonds is 2. The summed E-state index contributed by atoms with van der Waals surface area (Å²) in [7, 11) is 0. The standard InChI is InChI=1S/C15H14N2O2/c1-3-19-15(18)13-8-11-10-6-4-5-7-12(10)17-14(11)9(2)16-13/h4-8,17H,3H2,1-2H3. The molecule has 0 radical (unpaired) electrons. The fraction of sp³-hybridized carbons (Fsp3) is 0.200. The number of H-pyrrole nitrogens is 1. The summed E-state index contributed by atoms with van der Waals surface area (Å²) in [4.78, 5) is 19.4. The molecule has 4 heteroatoms. The lowest BCUT2D eigenvalue weighted by Gasteiger charge is -2.03. The molecule has 1 N–H and O–H groups in total. The normalized spacial score (nSPS) is 11.1. The zero-order valence-electron chi connectivity index (χ0n) is 10.9. The largest absolute Gasteiger partial charge is 0.461 e. The highest BCUT2D eigenvalue weighted by atomic mass is 16.5. The molecule has 0 spiro atoms. The minimum Gasteiger partial charge on any atom is -0.461 e. The number of hydrogen-bond acceptors (Lipinski definition) is 3. The fourth-order valence-electron chi connectivity index (χ4n) is 2.31. The first kappa shape index (κ1) is 11.7. The van der Waals surface area contributed by atoms with Gasteiger partial charge in [-0.2, -0.15) is 0 Å². The highest BCUT2D eigenvalue weighted by Crippen LogP contribution is 2.27. The number of pyridine rings is 1. The van der Waals surface area contributed by atoms with Crippen LogP contribution in [0.1, 0.15) is 23.1 Å². The van der Waals surface area contributed by atoms with Crippen molar-refractivity contribution in [2.45, 2.75) is 13.8 Å². The van der Waals surface area contributed by atoms with Gasteiger partial charge in [-0.25, -0.2) is 9.78 Å². The highest BCUT2D eigenvalue weighted by Gasteiger charge is 2.14. The van der Waals surface area contributed by atoms with Crippen LogP contribution in [0.25, 0.3) is 21.8 Å². The molecule has 0 aliphatic heterocycles. The number of nitrogens with one attached hydrogen (secondary N) is 1. The van der Waals surface area contributed by atoms with Crippen LogP contribution in [0.2, 0.25) is 0 Å². The van der Waals surface area contributed by atoms with Crippen LogP contribution in [0, 0.1) is 6.92 Å². The molecule has 0 unspecified atom stereocenters. The first-order valence-electron chi connectivity index (χ1n) is 6.26. The molecule has 0 aliphatic carbocycles. The Hall–Kier alpha value is -2.36. The second-order valence-electron chi connectivity index (χ2n) is 4.41. The number of fused-ring (bicyclic) bond motifs is 3. The third-order valence-corrected chi connectivity index (χ3v) is 3.16. The van der Waals surface area contributed by atoms with Crippen molar-refractivity contribution in [1.29, 1.82) is 0 Å². The molecule has 0 saturated carbocycles. The summed E-state index contributed by atoms with van der Waals surface area (Å²) in [5, 5.41) is 2.10. The Labute approximate surface area is 110 Å². The van der Waals surface area contributed by atoms with E-state index in [1.165, 1.54) is 0 Å². The summed E-state index contributed by atoms with van der Waals surface area (Å²) in [6.07, 6.45) is 0. The predicted octanol–water partition coefficient (Wildman–Crippen LogP) is 3.20. The smallest absolute Gasteiger partial charge is 0.356 e. The maximum atomic E-state index is 11.8. The van der Waals surface area contributed by atoms with Gasteiger partial charge in [0.2, 0.25) is 0 Å². The summed E-state index contributed by atoms with van der Waals surface area (Å²) >= 11 is 0. The topological polar surface area (TPSA) is 55.0 Å². The van der Waals surface area contributed by atoms with Crippen LogP contribution in [0.3, 0.4) is 0 Å². The van der Waals surface area contributed by atoms with E-state index in [9.17, 15) is 4.79 Å². The zero-order chi connectivity index (χ0) is 13.4. The molecule has 3 rings (SSSR count). The van der Waals surface area contributed by atoms with Gasteiger partial charge in [-0.05, 0) is 26.0 Å². The number of ether oxygens (including phenoxy) is 1. The molecule has 2 aromatic heterocycles. The van der Waals surface area contributed by atoms with Gasteiger partial charge in [0.1, 0.15) is 5.69 Å². The van der Waals surface area contributed by atoms with Gasteiger partial charge in [0.25, 0.3) is 0 Å². The van der Waals surface area contributed by atoms with E-state index in [0.29, 0.717) is 12.3 Å². The number of carbonyl (C=O) groups excluding carboxylic acids is 1. The first-order valence-corrected chi connectivity index (χ1v) is 6.26. The Morgan fingerprint density at radius 2 is 2.11 bits per heavy atom. The number of hydrogen-bond donors (Lipinski definition) is 1. The van der Waals surface area contributed by atoms with E-state index in [0.717, 1.165) is 27.5 Å². The average Bonchev–Trinajstić information content (AvgIpc) is 2.78. The van der Waals surface area contributed by atoms with Crippen LogP contribution < -0.4 is 0 Å². The summed E-state index contributed by atoms with van der Waals surface area (Å²) in [5.41, 5.74) is 3.17. The Morgan fingerprint density at radius 1 is 1.32 bits per heavy atom. The molecule has 96 valence electrons. The van der Waals surface area contributed by atoms with Crippen LogP contribution in [-0.2, 0) is 4.74 Å². The van der Waals surface area contributed by atoms with Crippen molar-refractivity contribution < 1.29 is 9.53 Å². The van der Waals surface area contributed by atoms with E-state index in [1.807, 2.05) is 31.2 Å². The Morgan fingerprint density at radius 3 is 2.89 bits per heavy atom. The van der Waals surface area contributed by atoms with Crippen molar-refractivity contribution in [2.24, 2.45) is 0 Å². The number of aromatic nitrogens is 2. The van der Waals surface area contributed by atoms with Crippen molar-refractivity contribution in [1.82, 2.24) is 9.97 Å². The molecule has 0 amide bonds. The summed E-state index contributed by atoms with van der Waals surface area (Å²) < 4.78 is 5.01. The Balaban J connectivity index is 2.29. The Bertz CT molecular complexity index is 774. The van der Waals surface area contributed by atoms with Gasteiger partial charge >= 0.3 is 5.97 Å². The monoisotopic (exact) mass is 254 g/mol. The second-order valence-corrected chi connectivity index (χ2v) is 4.41. The molecule has 0 saturated heterocycles. The van der Waals surface area contributed by atoms with Crippen LogP contribution in [0.4, 0.5) is 0 Å². The van der Waals surface area contributed by atoms with Crippen LogP contribution in [0.15, 0.2) is 30.3 Å². The van der Waals surface area contributed by atoms with E-state index < -0.39 is 0 Å². The molecule has 1 aromatic carbocycles. The molecule has 0 atom stereocenters.